The monoisotopic (exact) mass is 164 g/mol. The Morgan fingerprint density at radius 3 is 2.25 bits per heavy atom. The number of hydrogen-bond acceptors (Lipinski definition) is 1. The van der Waals surface area contributed by atoms with E-state index in [2.05, 4.69) is 19.9 Å². The molecule has 0 N–H and O–H groups in total. The van der Waals surface area contributed by atoms with Gasteiger partial charge >= 0.3 is 0 Å². The van der Waals surface area contributed by atoms with Gasteiger partial charge in [0.25, 0.3) is 0 Å². The summed E-state index contributed by atoms with van der Waals surface area (Å²) < 4.78 is 0. The van der Waals surface area contributed by atoms with Crippen molar-refractivity contribution >= 4 is 5.78 Å². The van der Waals surface area contributed by atoms with Gasteiger partial charge in [0.2, 0.25) is 0 Å². The van der Waals surface area contributed by atoms with E-state index in [1.165, 1.54) is 11.1 Å². The summed E-state index contributed by atoms with van der Waals surface area (Å²) in [4.78, 5) is 11.0. The average molecular weight is 164 g/mol. The van der Waals surface area contributed by atoms with Gasteiger partial charge in [-0.1, -0.05) is 17.2 Å². The van der Waals surface area contributed by atoms with Gasteiger partial charge in [-0.2, -0.15) is 0 Å². The summed E-state index contributed by atoms with van der Waals surface area (Å²) in [5.74, 6) is 0.239. The van der Waals surface area contributed by atoms with Gasteiger partial charge in [-0.05, 0) is 45.6 Å². The Morgan fingerprint density at radius 1 is 1.25 bits per heavy atom. The van der Waals surface area contributed by atoms with Crippen LogP contribution in [0, 0.1) is 0 Å². The predicted octanol–water partition coefficient (Wildman–Crippen LogP) is 3.02. The van der Waals surface area contributed by atoms with Crippen LogP contribution in [0.3, 0.4) is 0 Å². The molecule has 0 fully saturated rings. The van der Waals surface area contributed by atoms with Gasteiger partial charge in [-0.15, -0.1) is 0 Å². The van der Waals surface area contributed by atoms with Crippen molar-refractivity contribution in [1.29, 1.82) is 0 Å². The van der Waals surface area contributed by atoms with Crippen LogP contribution in [0.5, 0.6) is 0 Å². The molecular weight excluding hydrogens is 148 g/mol. The van der Waals surface area contributed by atoms with E-state index in [9.17, 15) is 4.79 Å². The van der Waals surface area contributed by atoms with Crippen molar-refractivity contribution in [1.82, 2.24) is 0 Å². The first-order valence-electron chi connectivity index (χ1n) is 4.46. The van der Waals surface area contributed by atoms with E-state index in [-0.39, 0.29) is 5.78 Å². The van der Waals surface area contributed by atoms with E-state index in [4.69, 9.17) is 0 Å². The fourth-order valence-corrected chi connectivity index (χ4v) is 1.51. The van der Waals surface area contributed by atoms with E-state index < -0.39 is 0 Å². The maximum absolute atomic E-state index is 11.0. The zero-order valence-electron chi connectivity index (χ0n) is 8.11. The lowest BCUT2D eigenvalue weighted by Gasteiger charge is -2.14. The third kappa shape index (κ3) is 2.07. The van der Waals surface area contributed by atoms with Crippen molar-refractivity contribution in [3.8, 4) is 0 Å². The van der Waals surface area contributed by atoms with Crippen molar-refractivity contribution in [2.24, 2.45) is 0 Å². The van der Waals surface area contributed by atoms with Crippen LogP contribution in [0.25, 0.3) is 0 Å². The zero-order valence-corrected chi connectivity index (χ0v) is 8.11. The SMILES string of the molecule is CC(=O)C1=CCC(=C(C)C)CC1. The van der Waals surface area contributed by atoms with Gasteiger partial charge in [0.1, 0.15) is 0 Å². The quantitative estimate of drug-likeness (QED) is 0.544. The molecule has 1 heteroatoms. The Labute approximate surface area is 74.2 Å². The Bertz CT molecular complexity index is 252. The number of rotatable bonds is 1. The lowest BCUT2D eigenvalue weighted by Crippen LogP contribution is -2.03. The van der Waals surface area contributed by atoms with Gasteiger partial charge in [-0.3, -0.25) is 4.79 Å². The van der Waals surface area contributed by atoms with Crippen LogP contribution in [0.4, 0.5) is 0 Å². The number of hydrogen-bond donors (Lipinski definition) is 0. The minimum Gasteiger partial charge on any atom is -0.295 e. The van der Waals surface area contributed by atoms with E-state index in [1.54, 1.807) is 6.92 Å². The number of Topliss-reactive ketones (excluding diaryl/α,β-unsaturated/α-hetero) is 1. The van der Waals surface area contributed by atoms with Crippen LogP contribution in [0.15, 0.2) is 22.8 Å². The van der Waals surface area contributed by atoms with Crippen LogP contribution in [0.2, 0.25) is 0 Å². The fraction of sp³-hybridized carbons (Fsp3) is 0.545. The molecule has 0 radical (unpaired) electrons. The number of carbonyl (C=O) groups is 1. The van der Waals surface area contributed by atoms with E-state index in [1.807, 2.05) is 0 Å². The Morgan fingerprint density at radius 2 is 1.92 bits per heavy atom. The topological polar surface area (TPSA) is 17.1 Å². The Hall–Kier alpha value is -0.850. The third-order valence-corrected chi connectivity index (χ3v) is 2.45. The number of allylic oxidation sites excluding steroid dienone is 4. The third-order valence-electron chi connectivity index (χ3n) is 2.45. The van der Waals surface area contributed by atoms with Gasteiger partial charge < -0.3 is 0 Å². The molecule has 12 heavy (non-hydrogen) atoms. The van der Waals surface area contributed by atoms with Crippen LogP contribution in [0.1, 0.15) is 40.0 Å². The highest BCUT2D eigenvalue weighted by atomic mass is 16.1. The highest BCUT2D eigenvalue weighted by molar-refractivity contribution is 5.93. The van der Waals surface area contributed by atoms with Crippen molar-refractivity contribution < 1.29 is 4.79 Å². The smallest absolute Gasteiger partial charge is 0.155 e. The zero-order chi connectivity index (χ0) is 9.14. The first-order chi connectivity index (χ1) is 5.61. The van der Waals surface area contributed by atoms with Crippen molar-refractivity contribution in [2.75, 3.05) is 0 Å². The summed E-state index contributed by atoms with van der Waals surface area (Å²) in [6.07, 6.45) is 5.08. The summed E-state index contributed by atoms with van der Waals surface area (Å²) in [7, 11) is 0. The molecule has 0 unspecified atom stereocenters. The molecule has 0 heterocycles. The van der Waals surface area contributed by atoms with Gasteiger partial charge in [-0.25, -0.2) is 0 Å². The van der Waals surface area contributed by atoms with Crippen LogP contribution in [-0.4, -0.2) is 5.78 Å². The molecule has 0 amide bonds. The van der Waals surface area contributed by atoms with Crippen LogP contribution < -0.4 is 0 Å². The molecule has 0 saturated carbocycles. The fourth-order valence-electron chi connectivity index (χ4n) is 1.51. The summed E-state index contributed by atoms with van der Waals surface area (Å²) in [5, 5.41) is 0. The second-order valence-corrected chi connectivity index (χ2v) is 3.59. The molecule has 0 spiro atoms. The van der Waals surface area contributed by atoms with Gasteiger partial charge in [0.15, 0.2) is 5.78 Å². The van der Waals surface area contributed by atoms with Crippen molar-refractivity contribution in [3.05, 3.63) is 22.8 Å². The second kappa shape index (κ2) is 3.70. The van der Waals surface area contributed by atoms with E-state index >= 15 is 0 Å². The standard InChI is InChI=1S/C11H16O/c1-8(2)10-4-6-11(7-5-10)9(3)12/h6H,4-5,7H2,1-3H3. The molecule has 0 atom stereocenters. The summed E-state index contributed by atoms with van der Waals surface area (Å²) in [6.45, 7) is 5.93. The average Bonchev–Trinajstić information content (AvgIpc) is 2.04. The lowest BCUT2D eigenvalue weighted by molar-refractivity contribution is -0.113. The first-order valence-corrected chi connectivity index (χ1v) is 4.46. The molecule has 0 aromatic carbocycles. The van der Waals surface area contributed by atoms with E-state index in [0.717, 1.165) is 24.8 Å². The molecule has 1 nitrogen and oxygen atoms in total. The molecule has 0 aromatic heterocycles. The summed E-state index contributed by atoms with van der Waals surface area (Å²) in [5.41, 5.74) is 3.92. The molecule has 0 aromatic rings. The van der Waals surface area contributed by atoms with Gasteiger partial charge in [0.05, 0.1) is 0 Å². The molecular formula is C11H16O. The number of ketones is 1. The van der Waals surface area contributed by atoms with Crippen molar-refractivity contribution in [3.63, 3.8) is 0 Å². The first kappa shape index (κ1) is 9.24. The highest BCUT2D eigenvalue weighted by Crippen LogP contribution is 2.25. The van der Waals surface area contributed by atoms with Crippen molar-refractivity contribution in [2.45, 2.75) is 40.0 Å². The molecule has 66 valence electrons. The Kier molecular flexibility index (Phi) is 2.85. The largest absolute Gasteiger partial charge is 0.295 e. The lowest BCUT2D eigenvalue weighted by atomic mass is 9.90. The number of carbonyl (C=O) groups excluding carboxylic acids is 1. The molecule has 0 bridgehead atoms. The highest BCUT2D eigenvalue weighted by Gasteiger charge is 2.11. The van der Waals surface area contributed by atoms with Crippen LogP contribution >= 0.6 is 0 Å². The maximum Gasteiger partial charge on any atom is 0.155 e. The minimum absolute atomic E-state index is 0.239. The molecule has 0 saturated heterocycles. The Balaban J connectivity index is 2.72. The normalized spacial score (nSPS) is 17.2. The molecule has 0 aliphatic heterocycles. The predicted molar refractivity (Wildman–Crippen MR) is 51.0 cm³/mol. The van der Waals surface area contributed by atoms with Crippen LogP contribution in [-0.2, 0) is 4.79 Å². The molecule has 1 aliphatic rings. The summed E-state index contributed by atoms with van der Waals surface area (Å²) >= 11 is 0. The summed E-state index contributed by atoms with van der Waals surface area (Å²) in [6, 6.07) is 0. The maximum atomic E-state index is 11.0. The van der Waals surface area contributed by atoms with Gasteiger partial charge in [0, 0.05) is 0 Å². The minimum atomic E-state index is 0.239. The second-order valence-electron chi connectivity index (χ2n) is 3.59. The molecule has 1 rings (SSSR count). The molecule has 1 aliphatic carbocycles. The van der Waals surface area contributed by atoms with E-state index in [0.29, 0.717) is 0 Å².